The fraction of sp³-hybridized carbons (Fsp3) is 0.459. The van der Waals surface area contributed by atoms with E-state index in [0.717, 1.165) is 44.4 Å². The van der Waals surface area contributed by atoms with Crippen LogP contribution in [-0.4, -0.2) is 58.6 Å². The lowest BCUT2D eigenvalue weighted by atomic mass is 9.80. The molecule has 4 aromatic rings. The zero-order valence-electron chi connectivity index (χ0n) is 27.9. The predicted molar refractivity (Wildman–Crippen MR) is 188 cm³/mol. The number of carbonyl (C=O) groups excluding carboxylic acids is 4. The van der Waals surface area contributed by atoms with Crippen molar-refractivity contribution in [1.82, 2.24) is 9.97 Å². The number of nitrogens with zero attached hydrogens (tertiary/aromatic N) is 2. The van der Waals surface area contributed by atoms with E-state index in [1.54, 1.807) is 12.1 Å². The molecule has 12 heteroatoms. The first-order chi connectivity index (χ1) is 23.4. The van der Waals surface area contributed by atoms with Crippen molar-refractivity contribution < 1.29 is 28.7 Å². The molecule has 2 aromatic carbocycles. The molecule has 2 aliphatic heterocycles. The van der Waals surface area contributed by atoms with E-state index in [-0.39, 0.29) is 23.7 Å². The highest BCUT2D eigenvalue weighted by atomic mass is 35.5. The summed E-state index contributed by atoms with van der Waals surface area (Å²) < 4.78 is 11.3. The molecule has 10 nitrogen and oxygen atoms in total. The van der Waals surface area contributed by atoms with Gasteiger partial charge in [-0.2, -0.15) is 0 Å². The smallest absolute Gasteiger partial charge is 0.308 e. The summed E-state index contributed by atoms with van der Waals surface area (Å²) in [5.41, 5.74) is 5.41. The van der Waals surface area contributed by atoms with Gasteiger partial charge in [-0.3, -0.25) is 19.2 Å². The van der Waals surface area contributed by atoms with E-state index in [9.17, 15) is 19.2 Å². The maximum atomic E-state index is 14.8. The minimum absolute atomic E-state index is 0.00267. The van der Waals surface area contributed by atoms with Gasteiger partial charge in [-0.1, -0.05) is 0 Å². The molecule has 2 bridgehead atoms. The molecule has 2 aromatic heterocycles. The van der Waals surface area contributed by atoms with E-state index >= 15 is 0 Å². The molecule has 4 heterocycles. The Balaban J connectivity index is 1.14. The number of rotatable bonds is 6. The average molecular weight is 706 g/mol. The SMILES string of the molecule is CC(=O)Oc1cc2c(c3c(C)c[nH]c13)[C@H](CCl)CN2C(=O)C12CCC(C(=O)N3C[C@@H](CCl)c4c3cc(OC(C)=O)c3[nH]cc(C)c43)(CC1)C2. The molecule has 2 amide bonds. The van der Waals surface area contributed by atoms with Gasteiger partial charge in [0, 0.05) is 85.8 Å². The zero-order valence-corrected chi connectivity index (χ0v) is 29.4. The number of alkyl halides is 2. The van der Waals surface area contributed by atoms with Crippen molar-refractivity contribution in [2.24, 2.45) is 10.8 Å². The maximum Gasteiger partial charge on any atom is 0.308 e. The Kier molecular flexibility index (Phi) is 7.39. The summed E-state index contributed by atoms with van der Waals surface area (Å²) in [4.78, 5) is 63.9. The molecule has 2 fully saturated rings. The third-order valence-electron chi connectivity index (χ3n) is 11.6. The van der Waals surface area contributed by atoms with Gasteiger partial charge in [-0.05, 0) is 68.2 Å². The van der Waals surface area contributed by atoms with Crippen molar-refractivity contribution in [3.63, 3.8) is 0 Å². The second-order valence-electron chi connectivity index (χ2n) is 14.5. The second kappa shape index (κ2) is 11.3. The third kappa shape index (κ3) is 4.59. The fourth-order valence-corrected chi connectivity index (χ4v) is 10.00. The number of ether oxygens (including phenoxy) is 2. The monoisotopic (exact) mass is 704 g/mol. The van der Waals surface area contributed by atoms with E-state index in [1.165, 1.54) is 13.8 Å². The summed E-state index contributed by atoms with van der Waals surface area (Å²) in [6.45, 7) is 7.54. The Hall–Kier alpha value is -4.02. The molecule has 0 saturated heterocycles. The minimum Gasteiger partial charge on any atom is -0.424 e. The van der Waals surface area contributed by atoms with E-state index in [1.807, 2.05) is 36.0 Å². The number of anilines is 2. The van der Waals surface area contributed by atoms with Crippen LogP contribution < -0.4 is 19.3 Å². The van der Waals surface area contributed by atoms with Crippen LogP contribution in [0.25, 0.3) is 21.8 Å². The van der Waals surface area contributed by atoms with Gasteiger partial charge >= 0.3 is 11.9 Å². The number of aryl methyl sites for hydroxylation is 2. The molecular weight excluding hydrogens is 667 g/mol. The van der Waals surface area contributed by atoms with Crippen LogP contribution in [0.15, 0.2) is 24.5 Å². The first-order valence-corrected chi connectivity index (χ1v) is 17.9. The van der Waals surface area contributed by atoms with Crippen LogP contribution in [0.2, 0.25) is 0 Å². The molecule has 8 rings (SSSR count). The third-order valence-corrected chi connectivity index (χ3v) is 12.3. The summed E-state index contributed by atoms with van der Waals surface area (Å²) in [6.07, 6.45) is 6.62. The Morgan fingerprint density at radius 2 is 1.12 bits per heavy atom. The molecule has 2 N–H and O–H groups in total. The highest BCUT2D eigenvalue weighted by Gasteiger charge is 2.63. The van der Waals surface area contributed by atoms with Crippen molar-refractivity contribution in [3.8, 4) is 11.5 Å². The van der Waals surface area contributed by atoms with Gasteiger partial charge in [0.1, 0.15) is 0 Å². The van der Waals surface area contributed by atoms with Crippen LogP contribution in [0.5, 0.6) is 11.5 Å². The maximum absolute atomic E-state index is 14.8. The lowest BCUT2D eigenvalue weighted by Crippen LogP contribution is -2.42. The number of fused-ring (bicyclic) bond motifs is 8. The molecular formula is C37H38Cl2N4O6. The number of aromatic nitrogens is 2. The summed E-state index contributed by atoms with van der Waals surface area (Å²) >= 11 is 13.1. The van der Waals surface area contributed by atoms with Gasteiger partial charge in [0.25, 0.3) is 0 Å². The van der Waals surface area contributed by atoms with E-state index in [0.29, 0.717) is 79.5 Å². The normalized spacial score (nSPS) is 25.3. The number of carbonyl (C=O) groups is 4. The van der Waals surface area contributed by atoms with E-state index < -0.39 is 22.8 Å². The van der Waals surface area contributed by atoms with Crippen LogP contribution >= 0.6 is 23.2 Å². The summed E-state index contributed by atoms with van der Waals surface area (Å²) in [7, 11) is 0. The number of amides is 2. The van der Waals surface area contributed by atoms with Crippen LogP contribution in [0.1, 0.15) is 80.0 Å². The minimum atomic E-state index is -0.698. The van der Waals surface area contributed by atoms with Gasteiger partial charge in [-0.15, -0.1) is 23.2 Å². The van der Waals surface area contributed by atoms with Gasteiger partial charge in [0.05, 0.1) is 33.2 Å². The number of hydrogen-bond donors (Lipinski definition) is 2. The van der Waals surface area contributed by atoms with E-state index in [2.05, 4.69) is 9.97 Å². The van der Waals surface area contributed by atoms with Crippen molar-refractivity contribution in [2.45, 2.75) is 71.6 Å². The summed E-state index contributed by atoms with van der Waals surface area (Å²) in [5, 5.41) is 1.85. The summed E-state index contributed by atoms with van der Waals surface area (Å²) in [6, 6.07) is 3.58. The first kappa shape index (κ1) is 32.2. The molecule has 4 aliphatic rings. The quantitative estimate of drug-likeness (QED) is 0.125. The summed E-state index contributed by atoms with van der Waals surface area (Å²) in [5.74, 6) is 0.335. The predicted octanol–water partition coefficient (Wildman–Crippen LogP) is 7.11. The molecule has 49 heavy (non-hydrogen) atoms. The molecule has 2 saturated carbocycles. The highest BCUT2D eigenvalue weighted by Crippen LogP contribution is 2.64. The van der Waals surface area contributed by atoms with Gasteiger partial charge in [-0.25, -0.2) is 0 Å². The number of aromatic amines is 2. The van der Waals surface area contributed by atoms with Gasteiger partial charge < -0.3 is 29.2 Å². The van der Waals surface area contributed by atoms with Crippen LogP contribution in [-0.2, 0) is 19.2 Å². The first-order valence-electron chi connectivity index (χ1n) is 16.8. The molecule has 256 valence electrons. The van der Waals surface area contributed by atoms with Crippen LogP contribution in [0.4, 0.5) is 11.4 Å². The Bertz CT molecular complexity index is 1960. The topological polar surface area (TPSA) is 125 Å². The van der Waals surface area contributed by atoms with Crippen molar-refractivity contribution >= 4 is 80.1 Å². The highest BCUT2D eigenvalue weighted by molar-refractivity contribution is 6.20. The lowest BCUT2D eigenvalue weighted by Gasteiger charge is -2.32. The van der Waals surface area contributed by atoms with Crippen LogP contribution in [0, 0.1) is 24.7 Å². The Morgan fingerprint density at radius 3 is 1.47 bits per heavy atom. The number of hydrogen-bond acceptors (Lipinski definition) is 6. The fourth-order valence-electron chi connectivity index (χ4n) is 9.49. The van der Waals surface area contributed by atoms with Crippen molar-refractivity contribution in [1.29, 1.82) is 0 Å². The van der Waals surface area contributed by atoms with Crippen LogP contribution in [0.3, 0.4) is 0 Å². The Morgan fingerprint density at radius 1 is 0.735 bits per heavy atom. The molecule has 2 atom stereocenters. The second-order valence-corrected chi connectivity index (χ2v) is 15.1. The number of halogens is 2. The van der Waals surface area contributed by atoms with Gasteiger partial charge in [0.15, 0.2) is 11.5 Å². The zero-order chi connectivity index (χ0) is 34.6. The van der Waals surface area contributed by atoms with Gasteiger partial charge in [0.2, 0.25) is 11.8 Å². The Labute approximate surface area is 293 Å². The molecule has 2 aliphatic carbocycles. The lowest BCUT2D eigenvalue weighted by molar-refractivity contribution is -0.132. The van der Waals surface area contributed by atoms with Crippen molar-refractivity contribution in [3.05, 3.63) is 46.8 Å². The van der Waals surface area contributed by atoms with Crippen molar-refractivity contribution in [2.75, 3.05) is 34.6 Å². The molecule has 0 radical (unpaired) electrons. The molecule has 0 unspecified atom stereocenters. The number of benzene rings is 2. The largest absolute Gasteiger partial charge is 0.424 e. The number of nitrogens with one attached hydrogen (secondary N) is 2. The molecule has 0 spiro atoms. The standard InChI is InChI=1S/C37H38Cl2N4O6/c1-18-13-40-32-26(48-20(3)44)9-24-30(28(18)32)22(11-38)15-42(24)34(46)36-5-7-37(17-36,8-6-36)35(47)43-16-23(12-39)31-25(43)10-27(49-21(4)45)33-29(31)19(2)14-41-33/h9-10,13-14,22-23,40-41H,5-8,11-12,15-17H2,1-4H3/t22-,23-,36?,37?/m1/s1. The average Bonchev–Trinajstić information content (AvgIpc) is 3.91. The number of H-pyrrole nitrogens is 2. The number of esters is 2. The van der Waals surface area contributed by atoms with E-state index in [4.69, 9.17) is 32.7 Å².